The molecule has 0 aliphatic carbocycles. The molecule has 158 valence electrons. The minimum atomic E-state index is -4.40. The zero-order valence-corrected chi connectivity index (χ0v) is 16.6. The number of aliphatic hydroxyl groups is 1. The van der Waals surface area contributed by atoms with Gasteiger partial charge in [0.2, 0.25) is 0 Å². The van der Waals surface area contributed by atoms with Gasteiger partial charge in [0.15, 0.2) is 0 Å². The molecule has 0 saturated carbocycles. The summed E-state index contributed by atoms with van der Waals surface area (Å²) in [7, 11) is 1.87. The van der Waals surface area contributed by atoms with Crippen LogP contribution in [-0.4, -0.2) is 36.3 Å². The molecule has 0 aliphatic rings. The number of nitrogens with zero attached hydrogens (tertiary/aromatic N) is 1. The Balaban J connectivity index is 1.57. The summed E-state index contributed by atoms with van der Waals surface area (Å²) in [6, 6.07) is 21.9. The van der Waals surface area contributed by atoms with Crippen LogP contribution in [0.5, 0.6) is 5.75 Å². The third-order valence-corrected chi connectivity index (χ3v) is 4.66. The van der Waals surface area contributed by atoms with Gasteiger partial charge in [0.25, 0.3) is 0 Å². The van der Waals surface area contributed by atoms with Gasteiger partial charge in [-0.15, -0.1) is 0 Å². The Labute approximate surface area is 174 Å². The fraction of sp³-hybridized carbons (Fsp3) is 0.250. The van der Waals surface area contributed by atoms with Crippen LogP contribution in [0.1, 0.15) is 11.1 Å². The maximum absolute atomic E-state index is 13.2. The molecule has 3 aromatic carbocycles. The van der Waals surface area contributed by atoms with Gasteiger partial charge in [-0.25, -0.2) is 0 Å². The minimum absolute atomic E-state index is 0.165. The largest absolute Gasteiger partial charge is 0.491 e. The van der Waals surface area contributed by atoms with Crippen molar-refractivity contribution in [3.05, 3.63) is 90.0 Å². The van der Waals surface area contributed by atoms with Crippen LogP contribution < -0.4 is 4.74 Å². The Bertz CT molecular complexity index is 927. The zero-order chi connectivity index (χ0) is 21.6. The summed E-state index contributed by atoms with van der Waals surface area (Å²) in [6.07, 6.45) is -5.05. The first-order chi connectivity index (χ1) is 14.3. The molecule has 0 amide bonds. The highest BCUT2D eigenvalue weighted by molar-refractivity contribution is 5.68. The molecule has 1 N–H and O–H groups in total. The molecule has 30 heavy (non-hydrogen) atoms. The van der Waals surface area contributed by atoms with Crippen molar-refractivity contribution in [1.82, 2.24) is 4.90 Å². The molecule has 0 heterocycles. The summed E-state index contributed by atoms with van der Waals surface area (Å²) < 4.78 is 45.3. The van der Waals surface area contributed by atoms with Gasteiger partial charge in [-0.05, 0) is 41.9 Å². The lowest BCUT2D eigenvalue weighted by atomic mass is 9.98. The molecule has 0 aromatic heterocycles. The number of para-hydroxylation sites is 1. The van der Waals surface area contributed by atoms with Crippen molar-refractivity contribution >= 4 is 0 Å². The van der Waals surface area contributed by atoms with Crippen LogP contribution in [0.2, 0.25) is 0 Å². The van der Waals surface area contributed by atoms with Crippen molar-refractivity contribution in [2.45, 2.75) is 18.8 Å². The minimum Gasteiger partial charge on any atom is -0.491 e. The predicted molar refractivity (Wildman–Crippen MR) is 111 cm³/mol. The van der Waals surface area contributed by atoms with Gasteiger partial charge in [-0.3, -0.25) is 4.90 Å². The maximum Gasteiger partial charge on any atom is 0.417 e. The molecule has 3 rings (SSSR count). The van der Waals surface area contributed by atoms with Gasteiger partial charge in [0, 0.05) is 13.1 Å². The van der Waals surface area contributed by atoms with Gasteiger partial charge in [0.05, 0.1) is 5.56 Å². The Morgan fingerprint density at radius 3 is 2.20 bits per heavy atom. The lowest BCUT2D eigenvalue weighted by molar-refractivity contribution is -0.137. The van der Waals surface area contributed by atoms with E-state index in [-0.39, 0.29) is 12.2 Å². The monoisotopic (exact) mass is 415 g/mol. The lowest BCUT2D eigenvalue weighted by Crippen LogP contribution is -2.32. The molecule has 3 aromatic rings. The van der Waals surface area contributed by atoms with Gasteiger partial charge < -0.3 is 9.84 Å². The summed E-state index contributed by atoms with van der Waals surface area (Å²) in [5.74, 6) is 0.703. The second-order valence-corrected chi connectivity index (χ2v) is 7.21. The number of alkyl halides is 3. The van der Waals surface area contributed by atoms with E-state index in [1.165, 1.54) is 12.1 Å². The maximum atomic E-state index is 13.2. The van der Waals surface area contributed by atoms with E-state index in [4.69, 9.17) is 4.74 Å². The van der Waals surface area contributed by atoms with E-state index in [1.807, 2.05) is 54.4 Å². The number of aliphatic hydroxyl groups excluding tert-OH is 1. The lowest BCUT2D eigenvalue weighted by Gasteiger charge is -2.21. The fourth-order valence-corrected chi connectivity index (χ4v) is 3.27. The molecule has 0 saturated heterocycles. The van der Waals surface area contributed by atoms with Crippen LogP contribution in [-0.2, 0) is 12.7 Å². The van der Waals surface area contributed by atoms with Gasteiger partial charge in [-0.1, -0.05) is 60.7 Å². The number of ether oxygens (including phenoxy) is 1. The molecule has 0 aliphatic heterocycles. The summed E-state index contributed by atoms with van der Waals surface area (Å²) in [5, 5.41) is 10.2. The highest BCUT2D eigenvalue weighted by Crippen LogP contribution is 2.36. The molecule has 0 bridgehead atoms. The summed E-state index contributed by atoms with van der Waals surface area (Å²) in [6.45, 7) is 1.15. The molecule has 0 fully saturated rings. The SMILES string of the molecule is CN(Cc1ccc(-c2ccccc2C(F)(F)F)cc1)CC(O)COc1ccccc1. The van der Waals surface area contributed by atoms with Crippen molar-refractivity contribution < 1.29 is 23.0 Å². The molecule has 0 spiro atoms. The summed E-state index contributed by atoms with van der Waals surface area (Å²) in [5.41, 5.74) is 0.988. The molecule has 3 nitrogen and oxygen atoms in total. The Morgan fingerprint density at radius 2 is 1.53 bits per heavy atom. The number of hydrogen-bond acceptors (Lipinski definition) is 3. The molecule has 1 atom stereocenters. The van der Waals surface area contributed by atoms with E-state index in [0.717, 1.165) is 11.6 Å². The smallest absolute Gasteiger partial charge is 0.417 e. The molecular weight excluding hydrogens is 391 g/mol. The summed E-state index contributed by atoms with van der Waals surface area (Å²) in [4.78, 5) is 1.94. The second kappa shape index (κ2) is 9.78. The van der Waals surface area contributed by atoms with E-state index in [2.05, 4.69) is 0 Å². The van der Waals surface area contributed by atoms with Crippen molar-refractivity contribution in [1.29, 1.82) is 0 Å². The third kappa shape index (κ3) is 6.08. The van der Waals surface area contributed by atoms with Crippen LogP contribution >= 0.6 is 0 Å². The van der Waals surface area contributed by atoms with E-state index in [9.17, 15) is 18.3 Å². The average molecular weight is 415 g/mol. The molecule has 0 radical (unpaired) electrons. The van der Waals surface area contributed by atoms with E-state index < -0.39 is 17.8 Å². The second-order valence-electron chi connectivity index (χ2n) is 7.21. The first-order valence-corrected chi connectivity index (χ1v) is 9.63. The molecule has 6 heteroatoms. The fourth-order valence-electron chi connectivity index (χ4n) is 3.27. The number of likely N-dealkylation sites (N-methyl/N-ethyl adjacent to an activating group) is 1. The predicted octanol–water partition coefficient (Wildman–Crippen LogP) is 5.24. The van der Waals surface area contributed by atoms with Crippen molar-refractivity contribution in [2.75, 3.05) is 20.2 Å². The topological polar surface area (TPSA) is 32.7 Å². The summed E-state index contributed by atoms with van der Waals surface area (Å²) >= 11 is 0. The van der Waals surface area contributed by atoms with Crippen molar-refractivity contribution in [3.8, 4) is 16.9 Å². The Kier molecular flexibility index (Phi) is 7.13. The highest BCUT2D eigenvalue weighted by Gasteiger charge is 2.33. The zero-order valence-electron chi connectivity index (χ0n) is 16.6. The standard InChI is InChI=1S/C24H24F3NO2/c1-28(16-20(29)17-30-21-7-3-2-4-8-21)15-18-11-13-19(14-12-18)22-9-5-6-10-23(22)24(25,26)27/h2-14,20,29H,15-17H2,1H3. The van der Waals surface area contributed by atoms with Crippen LogP contribution in [0.3, 0.4) is 0 Å². The number of rotatable bonds is 8. The molecule has 1 unspecified atom stereocenters. The van der Waals surface area contributed by atoms with Crippen LogP contribution in [0, 0.1) is 0 Å². The van der Waals surface area contributed by atoms with Crippen LogP contribution in [0.4, 0.5) is 13.2 Å². The number of hydrogen-bond donors (Lipinski definition) is 1. The van der Waals surface area contributed by atoms with Crippen LogP contribution in [0.15, 0.2) is 78.9 Å². The van der Waals surface area contributed by atoms with Gasteiger partial charge in [0.1, 0.15) is 18.5 Å². The van der Waals surface area contributed by atoms with E-state index in [0.29, 0.717) is 24.4 Å². The number of benzene rings is 3. The van der Waals surface area contributed by atoms with E-state index >= 15 is 0 Å². The van der Waals surface area contributed by atoms with Crippen molar-refractivity contribution in [3.63, 3.8) is 0 Å². The first kappa shape index (κ1) is 21.9. The highest BCUT2D eigenvalue weighted by atomic mass is 19.4. The number of halogens is 3. The first-order valence-electron chi connectivity index (χ1n) is 9.63. The average Bonchev–Trinajstić information content (AvgIpc) is 2.73. The Hall–Kier alpha value is -2.83. The molecular formula is C24H24F3NO2. The third-order valence-electron chi connectivity index (χ3n) is 4.66. The normalized spacial score (nSPS) is 12.7. The van der Waals surface area contributed by atoms with Gasteiger partial charge in [-0.2, -0.15) is 13.2 Å². The van der Waals surface area contributed by atoms with Crippen molar-refractivity contribution in [2.24, 2.45) is 0 Å². The quantitative estimate of drug-likeness (QED) is 0.546. The van der Waals surface area contributed by atoms with Gasteiger partial charge >= 0.3 is 6.18 Å². The van der Waals surface area contributed by atoms with Crippen LogP contribution in [0.25, 0.3) is 11.1 Å². The Morgan fingerprint density at radius 1 is 0.900 bits per heavy atom. The van der Waals surface area contributed by atoms with E-state index in [1.54, 1.807) is 18.2 Å².